The number of hydrogen-bond donors (Lipinski definition) is 1. The molecule has 2 aromatic rings. The lowest BCUT2D eigenvalue weighted by Crippen LogP contribution is -2.18. The Morgan fingerprint density at radius 3 is 2.88 bits per heavy atom. The van der Waals surface area contributed by atoms with E-state index in [0.29, 0.717) is 5.56 Å². The SMILES string of the molecule is O=C(/C=C/c1cccc([N+](=O)[O-])c1)Nc1cnn(COCC(F)(F)F)c1. The topological polar surface area (TPSA) is 99.3 Å². The fraction of sp³-hybridized carbons (Fsp3) is 0.200. The number of alkyl halides is 3. The zero-order valence-corrected chi connectivity index (χ0v) is 13.1. The van der Waals surface area contributed by atoms with E-state index < -0.39 is 30.3 Å². The van der Waals surface area contributed by atoms with E-state index in [0.717, 1.165) is 10.8 Å². The Balaban J connectivity index is 1.88. The molecule has 0 radical (unpaired) electrons. The number of nitrogens with zero attached hydrogens (tertiary/aromatic N) is 3. The van der Waals surface area contributed by atoms with Crippen molar-refractivity contribution in [3.8, 4) is 0 Å². The number of carbonyl (C=O) groups excluding carboxylic acids is 1. The standard InChI is InChI=1S/C15H13F3N4O4/c16-15(17,18)9-26-10-21-8-12(7-19-21)20-14(23)5-4-11-2-1-3-13(6-11)22(24)25/h1-8H,9-10H2,(H,20,23)/b5-4+. The lowest BCUT2D eigenvalue weighted by molar-refractivity contribution is -0.384. The molecule has 0 bridgehead atoms. The summed E-state index contributed by atoms with van der Waals surface area (Å²) < 4.78 is 41.4. The molecule has 0 aliphatic heterocycles. The fourth-order valence-electron chi connectivity index (χ4n) is 1.85. The van der Waals surface area contributed by atoms with Gasteiger partial charge in [0.15, 0.2) is 0 Å². The molecule has 11 heteroatoms. The van der Waals surface area contributed by atoms with Gasteiger partial charge in [-0.05, 0) is 11.6 Å². The van der Waals surface area contributed by atoms with Crippen LogP contribution in [-0.2, 0) is 16.3 Å². The fourth-order valence-corrected chi connectivity index (χ4v) is 1.85. The predicted molar refractivity (Wildman–Crippen MR) is 85.0 cm³/mol. The van der Waals surface area contributed by atoms with Gasteiger partial charge in [-0.25, -0.2) is 4.68 Å². The minimum absolute atomic E-state index is 0.104. The van der Waals surface area contributed by atoms with Gasteiger partial charge in [0.2, 0.25) is 5.91 Å². The van der Waals surface area contributed by atoms with Crippen molar-refractivity contribution in [3.63, 3.8) is 0 Å². The molecule has 0 atom stereocenters. The van der Waals surface area contributed by atoms with Crippen LogP contribution in [0.1, 0.15) is 5.56 Å². The number of nitro groups is 1. The molecule has 1 N–H and O–H groups in total. The molecule has 1 heterocycles. The third-order valence-corrected chi connectivity index (χ3v) is 2.90. The van der Waals surface area contributed by atoms with E-state index >= 15 is 0 Å². The van der Waals surface area contributed by atoms with Crippen LogP contribution in [0.15, 0.2) is 42.7 Å². The number of ether oxygens (including phenoxy) is 1. The van der Waals surface area contributed by atoms with Crippen molar-refractivity contribution in [1.29, 1.82) is 0 Å². The van der Waals surface area contributed by atoms with Gasteiger partial charge in [-0.2, -0.15) is 18.3 Å². The second kappa shape index (κ2) is 8.25. The van der Waals surface area contributed by atoms with Crippen LogP contribution >= 0.6 is 0 Å². The van der Waals surface area contributed by atoms with Crippen LogP contribution in [0, 0.1) is 10.1 Å². The van der Waals surface area contributed by atoms with Crippen LogP contribution in [-0.4, -0.2) is 33.4 Å². The molecule has 0 aliphatic carbocycles. The van der Waals surface area contributed by atoms with Gasteiger partial charge in [0, 0.05) is 18.2 Å². The molecule has 138 valence electrons. The number of carbonyl (C=O) groups is 1. The average Bonchev–Trinajstić information content (AvgIpc) is 2.99. The molecule has 1 amide bonds. The summed E-state index contributed by atoms with van der Waals surface area (Å²) in [6.07, 6.45) is 0.669. The van der Waals surface area contributed by atoms with E-state index in [-0.39, 0.29) is 11.4 Å². The molecule has 0 unspecified atom stereocenters. The Morgan fingerprint density at radius 2 is 2.19 bits per heavy atom. The largest absolute Gasteiger partial charge is 0.411 e. The summed E-state index contributed by atoms with van der Waals surface area (Å²) in [4.78, 5) is 21.9. The van der Waals surface area contributed by atoms with Crippen molar-refractivity contribution in [2.45, 2.75) is 12.9 Å². The van der Waals surface area contributed by atoms with Gasteiger partial charge in [-0.15, -0.1) is 0 Å². The van der Waals surface area contributed by atoms with Gasteiger partial charge in [0.25, 0.3) is 5.69 Å². The van der Waals surface area contributed by atoms with E-state index in [1.807, 2.05) is 0 Å². The maximum Gasteiger partial charge on any atom is 0.411 e. The van der Waals surface area contributed by atoms with Gasteiger partial charge >= 0.3 is 6.18 Å². The minimum atomic E-state index is -4.43. The maximum atomic E-state index is 12.0. The third-order valence-electron chi connectivity index (χ3n) is 2.90. The van der Waals surface area contributed by atoms with Gasteiger partial charge in [-0.1, -0.05) is 12.1 Å². The molecule has 2 rings (SSSR count). The van der Waals surface area contributed by atoms with Crippen LogP contribution in [0.4, 0.5) is 24.5 Å². The second-order valence-corrected chi connectivity index (χ2v) is 5.04. The highest BCUT2D eigenvalue weighted by Gasteiger charge is 2.27. The summed E-state index contributed by atoms with van der Waals surface area (Å²) in [5, 5.41) is 16.9. The summed E-state index contributed by atoms with van der Waals surface area (Å²) >= 11 is 0. The number of hydrogen-bond acceptors (Lipinski definition) is 5. The molecule has 8 nitrogen and oxygen atoms in total. The first kappa shape index (κ1) is 19.1. The lowest BCUT2D eigenvalue weighted by atomic mass is 10.2. The van der Waals surface area contributed by atoms with Crippen molar-refractivity contribution in [2.75, 3.05) is 11.9 Å². The molecule has 1 aromatic heterocycles. The molecule has 0 spiro atoms. The first-order chi connectivity index (χ1) is 12.2. The van der Waals surface area contributed by atoms with Crippen LogP contribution in [0.2, 0.25) is 0 Å². The Labute approximate surface area is 145 Å². The monoisotopic (exact) mass is 370 g/mol. The molecule has 26 heavy (non-hydrogen) atoms. The van der Waals surface area contributed by atoms with E-state index in [1.54, 1.807) is 6.07 Å². The highest BCUT2D eigenvalue weighted by atomic mass is 19.4. The predicted octanol–water partition coefficient (Wildman–Crippen LogP) is 2.98. The molecule has 1 aromatic carbocycles. The first-order valence-electron chi connectivity index (χ1n) is 7.13. The van der Waals surface area contributed by atoms with Crippen molar-refractivity contribution < 1.29 is 27.6 Å². The Morgan fingerprint density at radius 1 is 1.42 bits per heavy atom. The molecule has 0 saturated heterocycles. The Kier molecular flexibility index (Phi) is 6.07. The molecule has 0 aliphatic rings. The zero-order chi connectivity index (χ0) is 19.2. The number of nitrogens with one attached hydrogen (secondary N) is 1. The number of rotatable bonds is 7. The van der Waals surface area contributed by atoms with Crippen LogP contribution in [0.25, 0.3) is 6.08 Å². The highest BCUT2D eigenvalue weighted by Crippen LogP contribution is 2.15. The van der Waals surface area contributed by atoms with E-state index in [2.05, 4.69) is 15.2 Å². The van der Waals surface area contributed by atoms with E-state index in [4.69, 9.17) is 0 Å². The summed E-state index contributed by atoms with van der Waals surface area (Å²) in [5.74, 6) is -0.535. The number of amides is 1. The highest BCUT2D eigenvalue weighted by molar-refractivity contribution is 6.01. The van der Waals surface area contributed by atoms with Crippen molar-refractivity contribution >= 4 is 23.4 Å². The van der Waals surface area contributed by atoms with Crippen molar-refractivity contribution in [1.82, 2.24) is 9.78 Å². The first-order valence-corrected chi connectivity index (χ1v) is 7.13. The summed E-state index contributed by atoms with van der Waals surface area (Å²) in [6, 6.07) is 5.71. The van der Waals surface area contributed by atoms with Gasteiger partial charge in [0.1, 0.15) is 13.3 Å². The molecular weight excluding hydrogens is 357 g/mol. The smallest absolute Gasteiger partial charge is 0.350 e. The second-order valence-electron chi connectivity index (χ2n) is 5.04. The number of halogens is 3. The Hall–Kier alpha value is -3.21. The minimum Gasteiger partial charge on any atom is -0.350 e. The normalized spacial score (nSPS) is 11.7. The average molecular weight is 370 g/mol. The van der Waals surface area contributed by atoms with Gasteiger partial charge < -0.3 is 10.1 Å². The number of nitro benzene ring substituents is 1. The zero-order valence-electron chi connectivity index (χ0n) is 13.1. The van der Waals surface area contributed by atoms with Crippen LogP contribution < -0.4 is 5.32 Å². The molecule has 0 saturated carbocycles. The Bertz CT molecular complexity index is 817. The summed E-state index contributed by atoms with van der Waals surface area (Å²) in [7, 11) is 0. The quantitative estimate of drug-likeness (QED) is 0.459. The van der Waals surface area contributed by atoms with Crippen LogP contribution in [0.3, 0.4) is 0 Å². The number of anilines is 1. The van der Waals surface area contributed by atoms with Crippen LogP contribution in [0.5, 0.6) is 0 Å². The summed E-state index contributed by atoms with van der Waals surface area (Å²) in [5.41, 5.74) is 0.618. The third kappa shape index (κ3) is 6.36. The van der Waals surface area contributed by atoms with Crippen molar-refractivity contribution in [2.24, 2.45) is 0 Å². The number of aromatic nitrogens is 2. The van der Waals surface area contributed by atoms with Crippen molar-refractivity contribution in [3.05, 3.63) is 58.4 Å². The molecule has 0 fully saturated rings. The summed E-state index contributed by atoms with van der Waals surface area (Å²) in [6.45, 7) is -1.82. The lowest BCUT2D eigenvalue weighted by Gasteiger charge is -2.07. The maximum absolute atomic E-state index is 12.0. The van der Waals surface area contributed by atoms with Gasteiger partial charge in [0.05, 0.1) is 23.0 Å². The van der Waals surface area contributed by atoms with Gasteiger partial charge in [-0.3, -0.25) is 14.9 Å². The number of benzene rings is 1. The van der Waals surface area contributed by atoms with E-state index in [9.17, 15) is 28.1 Å². The van der Waals surface area contributed by atoms with E-state index in [1.165, 1.54) is 36.7 Å². The number of non-ortho nitro benzene ring substituents is 1. The molecular formula is C15H13F3N4O4.